The van der Waals surface area contributed by atoms with E-state index in [-0.39, 0.29) is 0 Å². The molecule has 1 N–H and O–H groups in total. The van der Waals surface area contributed by atoms with Crippen molar-refractivity contribution in [3.63, 3.8) is 0 Å². The minimum atomic E-state index is 0.782. The van der Waals surface area contributed by atoms with Crippen molar-refractivity contribution < 1.29 is 0 Å². The molecule has 2 heteroatoms. The summed E-state index contributed by atoms with van der Waals surface area (Å²) in [5.41, 5.74) is 0. The van der Waals surface area contributed by atoms with Gasteiger partial charge in [0, 0.05) is 6.04 Å². The maximum Gasteiger partial charge on any atom is 0.00926 e. The third-order valence-electron chi connectivity index (χ3n) is 4.32. The summed E-state index contributed by atoms with van der Waals surface area (Å²) in [5, 5.41) is 3.53. The van der Waals surface area contributed by atoms with Crippen LogP contribution in [0.2, 0.25) is 0 Å². The Morgan fingerprint density at radius 1 is 1.11 bits per heavy atom. The average molecular weight is 268 g/mol. The first-order valence-corrected chi connectivity index (χ1v) is 8.68. The molecule has 114 valence electrons. The van der Waals surface area contributed by atoms with Crippen molar-refractivity contribution in [3.8, 4) is 0 Å². The van der Waals surface area contributed by atoms with E-state index in [1.807, 2.05) is 0 Å². The Kier molecular flexibility index (Phi) is 9.54. The lowest BCUT2D eigenvalue weighted by Crippen LogP contribution is -2.39. The molecular weight excluding hydrogens is 232 g/mol. The van der Waals surface area contributed by atoms with Gasteiger partial charge in [0.05, 0.1) is 0 Å². The molecule has 0 spiro atoms. The van der Waals surface area contributed by atoms with Crippen LogP contribution in [0, 0.1) is 5.92 Å². The van der Waals surface area contributed by atoms with Gasteiger partial charge in [-0.2, -0.15) is 0 Å². The fraction of sp³-hybridized carbons (Fsp3) is 1.00. The Hall–Kier alpha value is -0.0800. The van der Waals surface area contributed by atoms with E-state index >= 15 is 0 Å². The monoisotopic (exact) mass is 268 g/mol. The highest BCUT2D eigenvalue weighted by atomic mass is 15.2. The smallest absolute Gasteiger partial charge is 0.00926 e. The molecule has 1 saturated heterocycles. The zero-order chi connectivity index (χ0) is 13.9. The van der Waals surface area contributed by atoms with Gasteiger partial charge < -0.3 is 10.2 Å². The van der Waals surface area contributed by atoms with Gasteiger partial charge in [0.25, 0.3) is 0 Å². The maximum absolute atomic E-state index is 3.53. The van der Waals surface area contributed by atoms with E-state index in [1.165, 1.54) is 77.5 Å². The van der Waals surface area contributed by atoms with Gasteiger partial charge in [0.15, 0.2) is 0 Å². The number of rotatable bonds is 10. The number of piperidine rings is 1. The minimum absolute atomic E-state index is 0.782. The fourth-order valence-electron chi connectivity index (χ4n) is 3.13. The van der Waals surface area contributed by atoms with E-state index in [9.17, 15) is 0 Å². The second-order valence-electron chi connectivity index (χ2n) is 6.61. The van der Waals surface area contributed by atoms with Crippen LogP contribution in [0.4, 0.5) is 0 Å². The van der Waals surface area contributed by atoms with Crippen molar-refractivity contribution in [2.24, 2.45) is 5.92 Å². The maximum atomic E-state index is 3.53. The largest absolute Gasteiger partial charge is 0.316 e. The number of hydrogen-bond donors (Lipinski definition) is 1. The number of hydrogen-bond acceptors (Lipinski definition) is 2. The van der Waals surface area contributed by atoms with E-state index in [1.54, 1.807) is 0 Å². The lowest BCUT2D eigenvalue weighted by Gasteiger charge is -2.35. The summed E-state index contributed by atoms with van der Waals surface area (Å²) in [5.74, 6) is 0.782. The van der Waals surface area contributed by atoms with E-state index in [0.29, 0.717) is 0 Å². The molecule has 1 heterocycles. The highest BCUT2D eigenvalue weighted by Gasteiger charge is 2.19. The Balaban J connectivity index is 1.92. The summed E-state index contributed by atoms with van der Waals surface area (Å²) in [6.45, 7) is 12.0. The van der Waals surface area contributed by atoms with E-state index in [2.05, 4.69) is 31.0 Å². The van der Waals surface area contributed by atoms with Crippen LogP contribution in [0.15, 0.2) is 0 Å². The molecule has 0 amide bonds. The predicted molar refractivity (Wildman–Crippen MR) is 85.7 cm³/mol. The molecule has 1 fully saturated rings. The van der Waals surface area contributed by atoms with Gasteiger partial charge in [-0.3, -0.25) is 0 Å². The lowest BCUT2D eigenvalue weighted by atomic mass is 9.99. The molecular formula is C17H36N2. The zero-order valence-corrected chi connectivity index (χ0v) is 13.6. The Morgan fingerprint density at radius 3 is 2.63 bits per heavy atom. The summed E-state index contributed by atoms with van der Waals surface area (Å²) in [6.07, 6.45) is 11.2. The second-order valence-corrected chi connectivity index (χ2v) is 6.61. The van der Waals surface area contributed by atoms with Crippen LogP contribution in [-0.4, -0.2) is 37.1 Å². The SMILES string of the molecule is CCC1CCCCN1CCCCCCNCC(C)C. The molecule has 1 rings (SSSR count). The van der Waals surface area contributed by atoms with Crippen molar-refractivity contribution in [2.75, 3.05) is 26.2 Å². The third kappa shape index (κ3) is 7.94. The quantitative estimate of drug-likeness (QED) is 0.601. The number of nitrogens with one attached hydrogen (secondary N) is 1. The number of likely N-dealkylation sites (tertiary alicyclic amines) is 1. The van der Waals surface area contributed by atoms with Gasteiger partial charge in [-0.05, 0) is 64.2 Å². The highest BCUT2D eigenvalue weighted by Crippen LogP contribution is 2.19. The summed E-state index contributed by atoms with van der Waals surface area (Å²) >= 11 is 0. The van der Waals surface area contributed by atoms with Crippen LogP contribution in [0.1, 0.15) is 72.1 Å². The molecule has 2 nitrogen and oxygen atoms in total. The summed E-state index contributed by atoms with van der Waals surface area (Å²) in [6, 6.07) is 0.890. The minimum Gasteiger partial charge on any atom is -0.316 e. The predicted octanol–water partition coefficient (Wildman–Crippen LogP) is 4.06. The molecule has 1 unspecified atom stereocenters. The van der Waals surface area contributed by atoms with E-state index in [0.717, 1.165) is 12.0 Å². The van der Waals surface area contributed by atoms with Gasteiger partial charge in [-0.25, -0.2) is 0 Å². The third-order valence-corrected chi connectivity index (χ3v) is 4.32. The fourth-order valence-corrected chi connectivity index (χ4v) is 3.13. The van der Waals surface area contributed by atoms with Gasteiger partial charge in [0.2, 0.25) is 0 Å². The second kappa shape index (κ2) is 10.7. The molecule has 0 bridgehead atoms. The van der Waals surface area contributed by atoms with Crippen LogP contribution in [0.25, 0.3) is 0 Å². The highest BCUT2D eigenvalue weighted by molar-refractivity contribution is 4.75. The molecule has 0 aromatic heterocycles. The molecule has 0 aliphatic carbocycles. The molecule has 0 radical (unpaired) electrons. The summed E-state index contributed by atoms with van der Waals surface area (Å²) < 4.78 is 0. The molecule has 0 saturated carbocycles. The Labute approximate surface area is 121 Å². The topological polar surface area (TPSA) is 15.3 Å². The molecule has 19 heavy (non-hydrogen) atoms. The summed E-state index contributed by atoms with van der Waals surface area (Å²) in [4.78, 5) is 2.75. The van der Waals surface area contributed by atoms with Gasteiger partial charge in [-0.1, -0.05) is 40.0 Å². The average Bonchev–Trinajstić information content (AvgIpc) is 2.42. The van der Waals surface area contributed by atoms with Crippen LogP contribution in [0.3, 0.4) is 0 Å². The number of nitrogens with zero attached hydrogens (tertiary/aromatic N) is 1. The Morgan fingerprint density at radius 2 is 1.89 bits per heavy atom. The standard InChI is InChI=1S/C17H36N2/c1-4-17-11-7-10-14-19(17)13-9-6-5-8-12-18-15-16(2)3/h16-18H,4-15H2,1-3H3. The lowest BCUT2D eigenvalue weighted by molar-refractivity contribution is 0.141. The Bertz CT molecular complexity index is 203. The molecule has 1 aliphatic rings. The first-order valence-electron chi connectivity index (χ1n) is 8.68. The molecule has 1 atom stereocenters. The van der Waals surface area contributed by atoms with Crippen molar-refractivity contribution in [3.05, 3.63) is 0 Å². The summed E-state index contributed by atoms with van der Waals surface area (Å²) in [7, 11) is 0. The number of unbranched alkanes of at least 4 members (excludes halogenated alkanes) is 3. The first-order chi connectivity index (χ1) is 9.24. The van der Waals surface area contributed by atoms with E-state index < -0.39 is 0 Å². The molecule has 0 aromatic rings. The first kappa shape index (κ1) is 17.0. The van der Waals surface area contributed by atoms with Gasteiger partial charge >= 0.3 is 0 Å². The normalized spacial score (nSPS) is 21.2. The van der Waals surface area contributed by atoms with Crippen molar-refractivity contribution in [1.82, 2.24) is 10.2 Å². The van der Waals surface area contributed by atoms with Crippen LogP contribution < -0.4 is 5.32 Å². The van der Waals surface area contributed by atoms with Crippen LogP contribution in [0.5, 0.6) is 0 Å². The van der Waals surface area contributed by atoms with E-state index in [4.69, 9.17) is 0 Å². The molecule has 1 aliphatic heterocycles. The van der Waals surface area contributed by atoms with Crippen molar-refractivity contribution in [2.45, 2.75) is 78.2 Å². The van der Waals surface area contributed by atoms with Crippen LogP contribution >= 0.6 is 0 Å². The molecule has 0 aromatic carbocycles. The van der Waals surface area contributed by atoms with Crippen LogP contribution in [-0.2, 0) is 0 Å². The van der Waals surface area contributed by atoms with Crippen molar-refractivity contribution in [1.29, 1.82) is 0 Å². The van der Waals surface area contributed by atoms with Crippen molar-refractivity contribution >= 4 is 0 Å². The van der Waals surface area contributed by atoms with Gasteiger partial charge in [-0.15, -0.1) is 0 Å². The van der Waals surface area contributed by atoms with Gasteiger partial charge in [0.1, 0.15) is 0 Å². The zero-order valence-electron chi connectivity index (χ0n) is 13.6.